The van der Waals surface area contributed by atoms with Gasteiger partial charge in [-0.1, -0.05) is 60.7 Å². The Labute approximate surface area is 259 Å². The third-order valence-electron chi connectivity index (χ3n) is 9.56. The van der Waals surface area contributed by atoms with Gasteiger partial charge in [-0.2, -0.15) is 0 Å². The molecule has 230 valence electrons. The number of fused-ring (bicyclic) bond motifs is 2. The van der Waals surface area contributed by atoms with Crippen LogP contribution in [-0.2, 0) is 28.1 Å². The SMILES string of the molecule is COc1ccc([Si](C)(C)[C@H]2[C@H](CCn3cc(CCO)nn3)O[C@@]3(C(=O)N(c4ccccc4)c4ccc(OC)cc43)[C@@H]2C)cc1. The summed E-state index contributed by atoms with van der Waals surface area (Å²) in [7, 11) is 1.04. The zero-order valence-electron chi connectivity index (χ0n) is 25.9. The van der Waals surface area contributed by atoms with Crippen molar-refractivity contribution in [2.75, 3.05) is 25.7 Å². The number of hydrogen-bond acceptors (Lipinski definition) is 7. The van der Waals surface area contributed by atoms with E-state index in [1.807, 2.05) is 76.4 Å². The van der Waals surface area contributed by atoms with E-state index in [1.165, 1.54) is 5.19 Å². The Balaban J connectivity index is 1.45. The van der Waals surface area contributed by atoms with Gasteiger partial charge in [0.15, 0.2) is 5.60 Å². The summed E-state index contributed by atoms with van der Waals surface area (Å²) >= 11 is 0. The summed E-state index contributed by atoms with van der Waals surface area (Å²) in [6, 6.07) is 24.0. The monoisotopic (exact) mass is 612 g/mol. The predicted octanol–water partition coefficient (Wildman–Crippen LogP) is 4.81. The van der Waals surface area contributed by atoms with Crippen LogP contribution in [-0.4, -0.2) is 61.0 Å². The molecule has 3 heterocycles. The average molecular weight is 613 g/mol. The van der Waals surface area contributed by atoms with Crippen LogP contribution in [0.1, 0.15) is 24.6 Å². The first-order chi connectivity index (χ1) is 21.2. The van der Waals surface area contributed by atoms with Crippen molar-refractivity contribution in [3.05, 3.63) is 90.3 Å². The van der Waals surface area contributed by atoms with Crippen LogP contribution in [0.4, 0.5) is 11.4 Å². The molecule has 9 nitrogen and oxygen atoms in total. The summed E-state index contributed by atoms with van der Waals surface area (Å²) in [6.45, 7) is 7.55. The third-order valence-corrected chi connectivity index (χ3v) is 13.9. The molecule has 1 N–H and O–H groups in total. The van der Waals surface area contributed by atoms with Crippen molar-refractivity contribution in [3.8, 4) is 11.5 Å². The Morgan fingerprint density at radius 1 is 1.00 bits per heavy atom. The van der Waals surface area contributed by atoms with Crippen molar-refractivity contribution in [2.24, 2.45) is 5.92 Å². The molecule has 4 atom stereocenters. The molecule has 0 saturated carbocycles. The molecule has 1 saturated heterocycles. The average Bonchev–Trinajstić information content (AvgIpc) is 3.69. The van der Waals surface area contributed by atoms with E-state index in [-0.39, 0.29) is 30.1 Å². The molecule has 10 heteroatoms. The maximum Gasteiger partial charge on any atom is 0.268 e. The highest BCUT2D eigenvalue weighted by atomic mass is 28.3. The van der Waals surface area contributed by atoms with Crippen LogP contribution in [0.15, 0.2) is 79.0 Å². The number of carbonyl (C=O) groups is 1. The van der Waals surface area contributed by atoms with Gasteiger partial charge in [-0.25, -0.2) is 0 Å². The van der Waals surface area contributed by atoms with Gasteiger partial charge in [0.05, 0.1) is 39.8 Å². The van der Waals surface area contributed by atoms with Crippen molar-refractivity contribution >= 4 is 30.5 Å². The Bertz CT molecular complexity index is 1630. The standard InChI is InChI=1S/C34H40N4O5Si/c1-23-32(44(4,5)28-14-11-26(41-2)12-15-28)31(17-19-37-22-24(18-20-39)35-36-37)43-34(23)29-21-27(42-3)13-16-30(29)38(33(34)40)25-9-7-6-8-10-25/h6-16,21-23,31-32,39H,17-20H2,1-5H3/t23-,31+,32-,34+/m1/s1. The fourth-order valence-corrected chi connectivity index (χ4v) is 11.4. The molecule has 6 rings (SSSR count). The molecule has 2 aliphatic rings. The van der Waals surface area contributed by atoms with Gasteiger partial charge in [-0.05, 0) is 54.4 Å². The van der Waals surface area contributed by atoms with Gasteiger partial charge in [-0.15, -0.1) is 5.10 Å². The number of ether oxygens (including phenoxy) is 3. The minimum atomic E-state index is -2.28. The highest BCUT2D eigenvalue weighted by Gasteiger charge is 2.66. The zero-order valence-corrected chi connectivity index (χ0v) is 26.9. The highest BCUT2D eigenvalue weighted by Crippen LogP contribution is 2.61. The highest BCUT2D eigenvalue weighted by molar-refractivity contribution is 6.91. The van der Waals surface area contributed by atoms with Crippen LogP contribution in [0, 0.1) is 5.92 Å². The number of para-hydroxylation sites is 1. The summed E-state index contributed by atoms with van der Waals surface area (Å²) in [5, 5.41) is 19.1. The maximum atomic E-state index is 14.9. The number of aryl methyl sites for hydroxylation is 1. The number of methoxy groups -OCH3 is 2. The number of carbonyl (C=O) groups excluding carboxylic acids is 1. The molecule has 1 aromatic heterocycles. The molecule has 1 spiro atoms. The molecule has 0 aliphatic carbocycles. The van der Waals surface area contributed by atoms with Crippen molar-refractivity contribution in [2.45, 2.75) is 56.7 Å². The second kappa shape index (κ2) is 11.8. The third kappa shape index (κ3) is 4.91. The molecule has 0 unspecified atom stereocenters. The first-order valence-corrected chi connectivity index (χ1v) is 18.2. The molecular formula is C34H40N4O5Si. The second-order valence-electron chi connectivity index (χ2n) is 12.3. The molecular weight excluding hydrogens is 572 g/mol. The van der Waals surface area contributed by atoms with Crippen molar-refractivity contribution in [1.29, 1.82) is 0 Å². The maximum absolute atomic E-state index is 14.9. The second-order valence-corrected chi connectivity index (χ2v) is 16.9. The predicted molar refractivity (Wildman–Crippen MR) is 172 cm³/mol. The molecule has 3 aromatic carbocycles. The molecule has 0 radical (unpaired) electrons. The Morgan fingerprint density at radius 3 is 2.39 bits per heavy atom. The number of anilines is 2. The van der Waals surface area contributed by atoms with Crippen LogP contribution in [0.2, 0.25) is 18.6 Å². The Hall–Kier alpha value is -3.99. The van der Waals surface area contributed by atoms with E-state index in [4.69, 9.17) is 14.2 Å². The van der Waals surface area contributed by atoms with E-state index in [0.29, 0.717) is 25.1 Å². The van der Waals surface area contributed by atoms with E-state index < -0.39 is 13.7 Å². The van der Waals surface area contributed by atoms with E-state index in [9.17, 15) is 9.90 Å². The van der Waals surface area contributed by atoms with Crippen molar-refractivity contribution < 1.29 is 24.1 Å². The lowest BCUT2D eigenvalue weighted by Gasteiger charge is -2.37. The van der Waals surface area contributed by atoms with Gasteiger partial charge < -0.3 is 19.3 Å². The van der Waals surface area contributed by atoms with Gasteiger partial charge in [0, 0.05) is 42.9 Å². The van der Waals surface area contributed by atoms with Crippen molar-refractivity contribution in [3.63, 3.8) is 0 Å². The fraction of sp³-hybridized carbons (Fsp3) is 0.382. The van der Waals surface area contributed by atoms with E-state index in [1.54, 1.807) is 14.2 Å². The molecule has 4 aromatic rings. The van der Waals surface area contributed by atoms with Gasteiger partial charge >= 0.3 is 0 Å². The summed E-state index contributed by atoms with van der Waals surface area (Å²) in [5.41, 5.74) is 2.13. The first kappa shape index (κ1) is 30.1. The minimum Gasteiger partial charge on any atom is -0.497 e. The van der Waals surface area contributed by atoms with Crippen LogP contribution in [0.5, 0.6) is 11.5 Å². The van der Waals surface area contributed by atoms with Crippen LogP contribution >= 0.6 is 0 Å². The topological polar surface area (TPSA) is 98.9 Å². The fourth-order valence-electron chi connectivity index (χ4n) is 7.38. The largest absolute Gasteiger partial charge is 0.497 e. The van der Waals surface area contributed by atoms with Gasteiger partial charge in [0.2, 0.25) is 0 Å². The number of benzene rings is 3. The Kier molecular flexibility index (Phi) is 8.08. The van der Waals surface area contributed by atoms with Crippen LogP contribution in [0.3, 0.4) is 0 Å². The lowest BCUT2D eigenvalue weighted by Crippen LogP contribution is -2.51. The quantitative estimate of drug-likeness (QED) is 0.257. The zero-order chi connectivity index (χ0) is 31.1. The summed E-state index contributed by atoms with van der Waals surface area (Å²) in [4.78, 5) is 16.7. The number of aliphatic hydroxyl groups excluding tert-OH is 1. The molecule has 2 aliphatic heterocycles. The lowest BCUT2D eigenvalue weighted by atomic mass is 9.82. The Morgan fingerprint density at radius 2 is 1.70 bits per heavy atom. The number of hydrogen-bond donors (Lipinski definition) is 1. The van der Waals surface area contributed by atoms with Gasteiger partial charge in [-0.3, -0.25) is 14.4 Å². The van der Waals surface area contributed by atoms with Crippen LogP contribution < -0.4 is 19.6 Å². The normalized spacial score (nSPS) is 22.9. The number of rotatable bonds is 10. The number of nitrogens with zero attached hydrogens (tertiary/aromatic N) is 4. The number of aliphatic hydroxyl groups is 1. The number of aromatic nitrogens is 3. The first-order valence-electron chi connectivity index (χ1n) is 15.1. The molecule has 44 heavy (non-hydrogen) atoms. The van der Waals surface area contributed by atoms with Crippen molar-refractivity contribution in [1.82, 2.24) is 15.0 Å². The molecule has 1 amide bonds. The summed E-state index contributed by atoms with van der Waals surface area (Å²) < 4.78 is 20.2. The minimum absolute atomic E-state index is 0.0249. The van der Waals surface area contributed by atoms with Gasteiger partial charge in [0.25, 0.3) is 5.91 Å². The van der Waals surface area contributed by atoms with Crippen LogP contribution in [0.25, 0.3) is 0 Å². The smallest absolute Gasteiger partial charge is 0.268 e. The summed E-state index contributed by atoms with van der Waals surface area (Å²) in [5.74, 6) is 1.30. The van der Waals surface area contributed by atoms with E-state index in [2.05, 4.69) is 42.5 Å². The van der Waals surface area contributed by atoms with E-state index >= 15 is 0 Å². The number of amides is 1. The summed E-state index contributed by atoms with van der Waals surface area (Å²) in [6.07, 6.45) is 2.77. The molecule has 0 bridgehead atoms. The van der Waals surface area contributed by atoms with Gasteiger partial charge in [0.1, 0.15) is 11.5 Å². The molecule has 1 fully saturated rings. The lowest BCUT2D eigenvalue weighted by molar-refractivity contribution is -0.145. The van der Waals surface area contributed by atoms with E-state index in [0.717, 1.165) is 28.4 Å².